The molecule has 1 aliphatic rings. The lowest BCUT2D eigenvalue weighted by Crippen LogP contribution is -2.36. The second kappa shape index (κ2) is 7.34. The standard InChI is InChI=1S/C15H21Cl2N3O/c1-19(2)12-4-3-8-20(9-7-12)15(21)18-11-5-6-13(16)14(17)10-11/h5-6,10,12H,3-4,7-9H2,1-2H3,(H,18,21). The van der Waals surface area contributed by atoms with Crippen LogP contribution in [0.4, 0.5) is 10.5 Å². The van der Waals surface area contributed by atoms with Gasteiger partial charge in [0.2, 0.25) is 0 Å². The second-order valence-corrected chi connectivity index (χ2v) is 6.41. The average Bonchev–Trinajstić information content (AvgIpc) is 2.69. The molecule has 1 aromatic rings. The lowest BCUT2D eigenvalue weighted by atomic mass is 10.1. The Morgan fingerprint density at radius 1 is 1.24 bits per heavy atom. The zero-order valence-corrected chi connectivity index (χ0v) is 13.9. The Morgan fingerprint density at radius 3 is 2.67 bits per heavy atom. The van der Waals surface area contributed by atoms with Gasteiger partial charge < -0.3 is 15.1 Å². The van der Waals surface area contributed by atoms with Crippen LogP contribution in [0.5, 0.6) is 0 Å². The van der Waals surface area contributed by atoms with Crippen molar-refractivity contribution in [3.8, 4) is 0 Å². The van der Waals surface area contributed by atoms with E-state index in [0.29, 0.717) is 21.8 Å². The number of nitrogens with one attached hydrogen (secondary N) is 1. The van der Waals surface area contributed by atoms with Gasteiger partial charge in [-0.1, -0.05) is 23.2 Å². The molecule has 0 bridgehead atoms. The number of carbonyl (C=O) groups excluding carboxylic acids is 1. The molecule has 0 saturated carbocycles. The highest BCUT2D eigenvalue weighted by molar-refractivity contribution is 6.42. The number of nitrogens with zero attached hydrogens (tertiary/aromatic N) is 2. The largest absolute Gasteiger partial charge is 0.324 e. The molecular weight excluding hydrogens is 309 g/mol. The Kier molecular flexibility index (Phi) is 5.73. The van der Waals surface area contributed by atoms with Crippen LogP contribution in [0.25, 0.3) is 0 Å². The predicted octanol–water partition coefficient (Wildman–Crippen LogP) is 3.94. The van der Waals surface area contributed by atoms with Crippen LogP contribution in [0.15, 0.2) is 18.2 Å². The molecular formula is C15H21Cl2N3O. The van der Waals surface area contributed by atoms with Crippen LogP contribution < -0.4 is 5.32 Å². The summed E-state index contributed by atoms with van der Waals surface area (Å²) in [6.07, 6.45) is 3.16. The van der Waals surface area contributed by atoms with Crippen LogP contribution in [-0.4, -0.2) is 49.1 Å². The molecule has 1 heterocycles. The molecule has 1 aromatic carbocycles. The van der Waals surface area contributed by atoms with E-state index in [1.807, 2.05) is 4.90 Å². The smallest absolute Gasteiger partial charge is 0.321 e. The number of hydrogen-bond donors (Lipinski definition) is 1. The van der Waals surface area contributed by atoms with Crippen molar-refractivity contribution < 1.29 is 4.79 Å². The van der Waals surface area contributed by atoms with Crippen molar-refractivity contribution in [2.24, 2.45) is 0 Å². The average molecular weight is 330 g/mol. The summed E-state index contributed by atoms with van der Waals surface area (Å²) >= 11 is 11.8. The highest BCUT2D eigenvalue weighted by atomic mass is 35.5. The van der Waals surface area contributed by atoms with Crippen molar-refractivity contribution in [2.45, 2.75) is 25.3 Å². The molecule has 116 valence electrons. The highest BCUT2D eigenvalue weighted by Gasteiger charge is 2.21. The third-order valence-corrected chi connectivity index (χ3v) is 4.63. The number of likely N-dealkylation sites (tertiary alicyclic amines) is 1. The summed E-state index contributed by atoms with van der Waals surface area (Å²) in [6, 6.07) is 5.58. The molecule has 0 radical (unpaired) electrons. The van der Waals surface area contributed by atoms with Crippen molar-refractivity contribution in [2.75, 3.05) is 32.5 Å². The third-order valence-electron chi connectivity index (χ3n) is 3.89. The zero-order chi connectivity index (χ0) is 15.4. The lowest BCUT2D eigenvalue weighted by molar-refractivity contribution is 0.210. The minimum absolute atomic E-state index is 0.0761. The minimum atomic E-state index is -0.0761. The van der Waals surface area contributed by atoms with Gasteiger partial charge >= 0.3 is 6.03 Å². The number of halogens is 2. The first-order valence-corrected chi connectivity index (χ1v) is 7.90. The Morgan fingerprint density at radius 2 is 2.00 bits per heavy atom. The van der Waals surface area contributed by atoms with E-state index in [9.17, 15) is 4.79 Å². The number of hydrogen-bond acceptors (Lipinski definition) is 2. The Hall–Kier alpha value is -0.970. The topological polar surface area (TPSA) is 35.6 Å². The summed E-state index contributed by atoms with van der Waals surface area (Å²) in [4.78, 5) is 16.4. The van der Waals surface area contributed by atoms with Crippen LogP contribution >= 0.6 is 23.2 Å². The number of carbonyl (C=O) groups is 1. The van der Waals surface area contributed by atoms with Gasteiger partial charge in [0, 0.05) is 24.8 Å². The van der Waals surface area contributed by atoms with E-state index < -0.39 is 0 Å². The van der Waals surface area contributed by atoms with Gasteiger partial charge in [-0.2, -0.15) is 0 Å². The molecule has 1 N–H and O–H groups in total. The summed E-state index contributed by atoms with van der Waals surface area (Å²) < 4.78 is 0. The maximum Gasteiger partial charge on any atom is 0.321 e. The van der Waals surface area contributed by atoms with Crippen LogP contribution in [0.2, 0.25) is 10.0 Å². The molecule has 2 rings (SSSR count). The molecule has 21 heavy (non-hydrogen) atoms. The van der Waals surface area contributed by atoms with Gasteiger partial charge in [-0.3, -0.25) is 0 Å². The number of benzene rings is 1. The third kappa shape index (κ3) is 4.50. The van der Waals surface area contributed by atoms with Crippen molar-refractivity contribution in [1.82, 2.24) is 9.80 Å². The normalized spacial score (nSPS) is 19.5. The highest BCUT2D eigenvalue weighted by Crippen LogP contribution is 2.25. The summed E-state index contributed by atoms with van der Waals surface area (Å²) in [5, 5.41) is 3.81. The van der Waals surface area contributed by atoms with Gasteiger partial charge in [0.05, 0.1) is 10.0 Å². The van der Waals surface area contributed by atoms with Crippen LogP contribution in [0.1, 0.15) is 19.3 Å². The molecule has 1 fully saturated rings. The summed E-state index contributed by atoms with van der Waals surface area (Å²) in [5.74, 6) is 0. The Balaban J connectivity index is 1.95. The van der Waals surface area contributed by atoms with Gasteiger partial charge in [-0.25, -0.2) is 4.79 Å². The summed E-state index contributed by atoms with van der Waals surface area (Å²) in [7, 11) is 4.19. The number of anilines is 1. The quantitative estimate of drug-likeness (QED) is 0.891. The molecule has 1 saturated heterocycles. The fourth-order valence-electron chi connectivity index (χ4n) is 2.57. The summed E-state index contributed by atoms with van der Waals surface area (Å²) in [6.45, 7) is 1.56. The summed E-state index contributed by atoms with van der Waals surface area (Å²) in [5.41, 5.74) is 0.669. The monoisotopic (exact) mass is 329 g/mol. The van der Waals surface area contributed by atoms with Crippen molar-refractivity contribution in [1.29, 1.82) is 0 Å². The number of amides is 2. The Bertz CT molecular complexity index is 508. The second-order valence-electron chi connectivity index (χ2n) is 5.59. The van der Waals surface area contributed by atoms with Gasteiger partial charge in [0.1, 0.15) is 0 Å². The van der Waals surface area contributed by atoms with E-state index in [0.717, 1.165) is 32.4 Å². The lowest BCUT2D eigenvalue weighted by Gasteiger charge is -2.23. The van der Waals surface area contributed by atoms with E-state index in [4.69, 9.17) is 23.2 Å². The first kappa shape index (κ1) is 16.4. The van der Waals surface area contributed by atoms with Crippen molar-refractivity contribution >= 4 is 34.9 Å². The molecule has 1 atom stereocenters. The fourth-order valence-corrected chi connectivity index (χ4v) is 2.87. The van der Waals surface area contributed by atoms with Gasteiger partial charge in [0.15, 0.2) is 0 Å². The molecule has 0 aromatic heterocycles. The zero-order valence-electron chi connectivity index (χ0n) is 12.4. The molecule has 4 nitrogen and oxygen atoms in total. The molecule has 0 spiro atoms. The maximum absolute atomic E-state index is 12.3. The number of urea groups is 1. The van der Waals surface area contributed by atoms with Gasteiger partial charge in [-0.05, 0) is 51.6 Å². The predicted molar refractivity (Wildman–Crippen MR) is 88.4 cm³/mol. The molecule has 2 amide bonds. The Labute approximate surface area is 136 Å². The van der Waals surface area contributed by atoms with Crippen molar-refractivity contribution in [3.05, 3.63) is 28.2 Å². The van der Waals surface area contributed by atoms with Crippen LogP contribution in [0, 0.1) is 0 Å². The van der Waals surface area contributed by atoms with Crippen molar-refractivity contribution in [3.63, 3.8) is 0 Å². The van der Waals surface area contributed by atoms with E-state index in [1.54, 1.807) is 18.2 Å². The molecule has 1 unspecified atom stereocenters. The first-order valence-electron chi connectivity index (χ1n) is 7.15. The van der Waals surface area contributed by atoms with Gasteiger partial charge in [-0.15, -0.1) is 0 Å². The molecule has 1 aliphatic heterocycles. The minimum Gasteiger partial charge on any atom is -0.324 e. The van der Waals surface area contributed by atoms with E-state index in [2.05, 4.69) is 24.3 Å². The van der Waals surface area contributed by atoms with Gasteiger partial charge in [0.25, 0.3) is 0 Å². The van der Waals surface area contributed by atoms with E-state index >= 15 is 0 Å². The van der Waals surface area contributed by atoms with Crippen LogP contribution in [0.3, 0.4) is 0 Å². The fraction of sp³-hybridized carbons (Fsp3) is 0.533. The maximum atomic E-state index is 12.3. The SMILES string of the molecule is CN(C)C1CCCN(C(=O)Nc2ccc(Cl)c(Cl)c2)CC1. The first-order chi connectivity index (χ1) is 9.97. The molecule has 6 heteroatoms. The van der Waals surface area contributed by atoms with E-state index in [-0.39, 0.29) is 6.03 Å². The van der Waals surface area contributed by atoms with Crippen LogP contribution in [-0.2, 0) is 0 Å². The number of rotatable bonds is 2. The van der Waals surface area contributed by atoms with E-state index in [1.165, 1.54) is 0 Å². The molecule has 0 aliphatic carbocycles.